The fourth-order valence-corrected chi connectivity index (χ4v) is 2.80. The Bertz CT molecular complexity index is 983. The lowest BCUT2D eigenvalue weighted by atomic mass is 10.1. The van der Waals surface area contributed by atoms with Gasteiger partial charge in [-0.15, -0.1) is 6.58 Å². The van der Waals surface area contributed by atoms with Crippen LogP contribution in [0.25, 0.3) is 11.4 Å². The molecule has 0 aliphatic carbocycles. The Balaban J connectivity index is 1.78. The highest BCUT2D eigenvalue weighted by Crippen LogP contribution is 2.21. The molecule has 28 heavy (non-hydrogen) atoms. The summed E-state index contributed by atoms with van der Waals surface area (Å²) in [5, 5.41) is 4.55. The van der Waals surface area contributed by atoms with E-state index in [1.165, 1.54) is 0 Å². The number of nitrogens with zero attached hydrogens (tertiary/aromatic N) is 3. The van der Waals surface area contributed by atoms with Gasteiger partial charge in [-0.3, -0.25) is 4.79 Å². The number of hydrogen-bond donors (Lipinski definition) is 0. The van der Waals surface area contributed by atoms with Crippen molar-refractivity contribution in [2.45, 2.75) is 13.5 Å². The van der Waals surface area contributed by atoms with Crippen molar-refractivity contribution in [1.82, 2.24) is 15.0 Å². The van der Waals surface area contributed by atoms with Gasteiger partial charge in [0.1, 0.15) is 12.3 Å². The Morgan fingerprint density at radius 1 is 1.29 bits per heavy atom. The summed E-state index contributed by atoms with van der Waals surface area (Å²) in [6.45, 7) is 6.11. The topological polar surface area (TPSA) is 68.5 Å². The predicted molar refractivity (Wildman–Crippen MR) is 107 cm³/mol. The molecule has 1 heterocycles. The average Bonchev–Trinajstić information content (AvgIpc) is 3.18. The van der Waals surface area contributed by atoms with Crippen molar-refractivity contribution < 1.29 is 14.1 Å². The number of methoxy groups -OCH3 is 1. The Morgan fingerprint density at radius 3 is 2.68 bits per heavy atom. The van der Waals surface area contributed by atoms with Crippen molar-refractivity contribution in [1.29, 1.82) is 0 Å². The maximum Gasteiger partial charge on any atom is 0.254 e. The third-order valence-electron chi connectivity index (χ3n) is 4.20. The van der Waals surface area contributed by atoms with Gasteiger partial charge in [0.05, 0.1) is 7.11 Å². The molecular formula is C21H20ClN3O3. The monoisotopic (exact) mass is 397 g/mol. The van der Waals surface area contributed by atoms with Crippen LogP contribution in [0.3, 0.4) is 0 Å². The Morgan fingerprint density at radius 2 is 2.04 bits per heavy atom. The molecule has 0 unspecified atom stereocenters. The number of benzene rings is 2. The van der Waals surface area contributed by atoms with Gasteiger partial charge in [-0.25, -0.2) is 0 Å². The van der Waals surface area contributed by atoms with Crippen molar-refractivity contribution >= 4 is 17.5 Å². The molecule has 0 fully saturated rings. The summed E-state index contributed by atoms with van der Waals surface area (Å²) in [4.78, 5) is 18.8. The molecule has 0 saturated carbocycles. The average molecular weight is 398 g/mol. The van der Waals surface area contributed by atoms with Crippen LogP contribution in [0, 0.1) is 6.92 Å². The largest absolute Gasteiger partial charge is 0.497 e. The minimum Gasteiger partial charge on any atom is -0.497 e. The molecule has 0 aliphatic heterocycles. The Labute approximate surface area is 168 Å². The first-order chi connectivity index (χ1) is 13.5. The van der Waals surface area contributed by atoms with E-state index in [4.69, 9.17) is 20.9 Å². The molecular weight excluding hydrogens is 378 g/mol. The van der Waals surface area contributed by atoms with Gasteiger partial charge < -0.3 is 14.2 Å². The van der Waals surface area contributed by atoms with Gasteiger partial charge in [0, 0.05) is 22.7 Å². The zero-order valence-corrected chi connectivity index (χ0v) is 16.4. The summed E-state index contributed by atoms with van der Waals surface area (Å²) in [7, 11) is 1.61. The normalized spacial score (nSPS) is 10.5. The van der Waals surface area contributed by atoms with Crippen molar-refractivity contribution in [2.24, 2.45) is 0 Å². The first-order valence-corrected chi connectivity index (χ1v) is 9.03. The molecule has 3 aromatic rings. The van der Waals surface area contributed by atoms with Crippen LogP contribution in [0.5, 0.6) is 5.75 Å². The molecule has 0 spiro atoms. The van der Waals surface area contributed by atoms with Gasteiger partial charge >= 0.3 is 0 Å². The van der Waals surface area contributed by atoms with Crippen molar-refractivity contribution in [3.05, 3.63) is 77.2 Å². The predicted octanol–water partition coefficient (Wildman–Crippen LogP) is 4.54. The summed E-state index contributed by atoms with van der Waals surface area (Å²) < 4.78 is 10.5. The van der Waals surface area contributed by atoms with Crippen LogP contribution in [0.2, 0.25) is 5.02 Å². The van der Waals surface area contributed by atoms with Crippen LogP contribution in [0.1, 0.15) is 21.8 Å². The highest BCUT2D eigenvalue weighted by atomic mass is 35.5. The Hall–Kier alpha value is -3.12. The lowest BCUT2D eigenvalue weighted by Crippen LogP contribution is -2.30. The first-order valence-electron chi connectivity index (χ1n) is 8.65. The molecule has 0 saturated heterocycles. The SMILES string of the molecule is C=CCN(Cc1nc(-c2ccc(OC)cc2)no1)C(=O)c1ccc(C)c(Cl)c1. The molecule has 0 atom stereocenters. The second kappa shape index (κ2) is 8.71. The third-order valence-corrected chi connectivity index (χ3v) is 4.61. The second-order valence-corrected chi connectivity index (χ2v) is 6.59. The molecule has 1 amide bonds. The number of amides is 1. The van der Waals surface area contributed by atoms with Crippen LogP contribution in [-0.2, 0) is 6.54 Å². The van der Waals surface area contributed by atoms with E-state index in [-0.39, 0.29) is 12.5 Å². The van der Waals surface area contributed by atoms with Crippen molar-refractivity contribution in [3.63, 3.8) is 0 Å². The van der Waals surface area contributed by atoms with Gasteiger partial charge in [0.15, 0.2) is 0 Å². The standard InChI is InChI=1S/C21H20ClN3O3/c1-4-11-25(21(26)16-6-5-14(2)18(22)12-16)13-19-23-20(24-28-19)15-7-9-17(27-3)10-8-15/h4-10,12H,1,11,13H2,2-3H3. The molecule has 7 heteroatoms. The van der Waals surface area contributed by atoms with Crippen molar-refractivity contribution in [2.75, 3.05) is 13.7 Å². The summed E-state index contributed by atoms with van der Waals surface area (Å²) in [5.41, 5.74) is 2.20. The molecule has 6 nitrogen and oxygen atoms in total. The van der Waals surface area contributed by atoms with E-state index < -0.39 is 0 Å². The van der Waals surface area contributed by atoms with Crippen LogP contribution < -0.4 is 4.74 Å². The van der Waals surface area contributed by atoms with Crippen LogP contribution in [0.4, 0.5) is 0 Å². The fourth-order valence-electron chi connectivity index (χ4n) is 2.62. The quantitative estimate of drug-likeness (QED) is 0.547. The highest BCUT2D eigenvalue weighted by Gasteiger charge is 2.19. The lowest BCUT2D eigenvalue weighted by Gasteiger charge is -2.19. The first kappa shape index (κ1) is 19.6. The molecule has 3 rings (SSSR count). The second-order valence-electron chi connectivity index (χ2n) is 6.18. The van der Waals surface area contributed by atoms with Gasteiger partial charge in [-0.05, 0) is 48.9 Å². The lowest BCUT2D eigenvalue weighted by molar-refractivity contribution is 0.0745. The van der Waals surface area contributed by atoms with E-state index in [1.807, 2.05) is 37.3 Å². The van der Waals surface area contributed by atoms with Gasteiger partial charge in [-0.2, -0.15) is 4.98 Å². The molecule has 144 valence electrons. The van der Waals surface area contributed by atoms with Crippen LogP contribution >= 0.6 is 11.6 Å². The highest BCUT2D eigenvalue weighted by molar-refractivity contribution is 6.31. The number of aromatic nitrogens is 2. The van der Waals surface area contributed by atoms with E-state index in [0.29, 0.717) is 28.8 Å². The number of hydrogen-bond acceptors (Lipinski definition) is 5. The van der Waals surface area contributed by atoms with Gasteiger partial charge in [-0.1, -0.05) is 28.9 Å². The maximum absolute atomic E-state index is 12.9. The molecule has 0 bridgehead atoms. The zero-order valence-electron chi connectivity index (χ0n) is 15.7. The van der Waals surface area contributed by atoms with Crippen LogP contribution in [-0.4, -0.2) is 34.6 Å². The van der Waals surface area contributed by atoms with Gasteiger partial charge in [0.2, 0.25) is 11.7 Å². The summed E-state index contributed by atoms with van der Waals surface area (Å²) in [6.07, 6.45) is 1.65. The number of rotatable bonds is 7. The van der Waals surface area contributed by atoms with E-state index in [1.54, 1.807) is 30.2 Å². The van der Waals surface area contributed by atoms with Gasteiger partial charge in [0.25, 0.3) is 5.91 Å². The molecule has 0 N–H and O–H groups in total. The molecule has 0 radical (unpaired) electrons. The molecule has 1 aromatic heterocycles. The van der Waals surface area contributed by atoms with Crippen molar-refractivity contribution in [3.8, 4) is 17.1 Å². The summed E-state index contributed by atoms with van der Waals surface area (Å²) in [5.74, 6) is 1.33. The summed E-state index contributed by atoms with van der Waals surface area (Å²) in [6, 6.07) is 12.5. The van der Waals surface area contributed by atoms with E-state index in [0.717, 1.165) is 16.9 Å². The molecule has 2 aromatic carbocycles. The smallest absolute Gasteiger partial charge is 0.254 e. The van der Waals surface area contributed by atoms with E-state index >= 15 is 0 Å². The van der Waals surface area contributed by atoms with Crippen LogP contribution in [0.15, 0.2) is 59.6 Å². The number of ether oxygens (including phenoxy) is 1. The number of carbonyl (C=O) groups excluding carboxylic acids is 1. The summed E-state index contributed by atoms with van der Waals surface area (Å²) >= 11 is 6.15. The maximum atomic E-state index is 12.9. The van der Waals surface area contributed by atoms with E-state index in [9.17, 15) is 4.79 Å². The minimum atomic E-state index is -0.189. The fraction of sp³-hybridized carbons (Fsp3) is 0.190. The third kappa shape index (κ3) is 4.40. The number of carbonyl (C=O) groups is 1. The van der Waals surface area contributed by atoms with E-state index in [2.05, 4.69) is 16.7 Å². The number of aryl methyl sites for hydroxylation is 1. The zero-order chi connectivity index (χ0) is 20.1. The number of halogens is 1. The molecule has 0 aliphatic rings. The minimum absolute atomic E-state index is 0.166. The Kier molecular flexibility index (Phi) is 6.11.